The molecule has 1 aromatic carbocycles. The van der Waals surface area contributed by atoms with E-state index in [2.05, 4.69) is 15.3 Å². The second kappa shape index (κ2) is 6.20. The molecule has 0 radical (unpaired) electrons. The van der Waals surface area contributed by atoms with Crippen LogP contribution in [0.15, 0.2) is 30.5 Å². The van der Waals surface area contributed by atoms with Gasteiger partial charge >= 0.3 is 0 Å². The van der Waals surface area contributed by atoms with Crippen molar-refractivity contribution in [3.05, 3.63) is 41.7 Å². The van der Waals surface area contributed by atoms with Gasteiger partial charge in [0.15, 0.2) is 0 Å². The fourth-order valence-electron chi connectivity index (χ4n) is 2.52. The van der Waals surface area contributed by atoms with Crippen LogP contribution in [0, 0.1) is 6.92 Å². The molecule has 0 spiro atoms. The van der Waals surface area contributed by atoms with E-state index in [-0.39, 0.29) is 12.5 Å². The molecule has 0 fully saturated rings. The van der Waals surface area contributed by atoms with Gasteiger partial charge in [0, 0.05) is 31.4 Å². The highest BCUT2D eigenvalue weighted by Crippen LogP contribution is 2.11. The number of aryl methyl sites for hydroxylation is 1. The van der Waals surface area contributed by atoms with Gasteiger partial charge in [-0.15, -0.1) is 0 Å². The molecule has 2 heterocycles. The fourth-order valence-corrected chi connectivity index (χ4v) is 2.52. The minimum Gasteiger partial charge on any atom is -0.340 e. The van der Waals surface area contributed by atoms with Crippen LogP contribution in [0.1, 0.15) is 18.2 Å². The van der Waals surface area contributed by atoms with Crippen LogP contribution in [0.3, 0.4) is 0 Å². The van der Waals surface area contributed by atoms with Crippen molar-refractivity contribution in [2.75, 3.05) is 7.05 Å². The Morgan fingerprint density at radius 2 is 1.87 bits per heavy atom. The molecule has 23 heavy (non-hydrogen) atoms. The molecule has 0 saturated carbocycles. The quantitative estimate of drug-likeness (QED) is 0.718. The van der Waals surface area contributed by atoms with Gasteiger partial charge in [-0.1, -0.05) is 12.1 Å². The molecule has 3 aromatic rings. The molecule has 0 bridgehead atoms. The van der Waals surface area contributed by atoms with Crippen LogP contribution in [-0.4, -0.2) is 42.6 Å². The van der Waals surface area contributed by atoms with E-state index in [9.17, 15) is 4.79 Å². The minimum atomic E-state index is -0.0334. The van der Waals surface area contributed by atoms with E-state index in [4.69, 9.17) is 0 Å². The van der Waals surface area contributed by atoms with E-state index in [0.29, 0.717) is 6.54 Å². The molecular weight excluding hydrogens is 292 g/mol. The number of fused-ring (bicyclic) bond motifs is 1. The molecular formula is C16H20N6O. The van der Waals surface area contributed by atoms with Crippen molar-refractivity contribution in [2.45, 2.75) is 33.5 Å². The van der Waals surface area contributed by atoms with Crippen LogP contribution in [0.2, 0.25) is 0 Å². The summed E-state index contributed by atoms with van der Waals surface area (Å²) in [5.74, 6) is -0.0334. The number of carbonyl (C=O) groups is 1. The molecule has 0 saturated heterocycles. The number of nitrogens with zero attached hydrogens (tertiary/aromatic N) is 6. The zero-order chi connectivity index (χ0) is 16.4. The van der Waals surface area contributed by atoms with E-state index < -0.39 is 0 Å². The second-order valence-corrected chi connectivity index (χ2v) is 5.54. The Bertz CT molecular complexity index is 801. The van der Waals surface area contributed by atoms with Gasteiger partial charge in [0.05, 0.1) is 6.20 Å². The van der Waals surface area contributed by atoms with Gasteiger partial charge < -0.3 is 4.90 Å². The first kappa shape index (κ1) is 15.2. The van der Waals surface area contributed by atoms with Crippen molar-refractivity contribution in [3.8, 4) is 0 Å². The summed E-state index contributed by atoms with van der Waals surface area (Å²) in [5, 5.41) is 12.9. The average molecular weight is 312 g/mol. The van der Waals surface area contributed by atoms with Gasteiger partial charge in [0.1, 0.15) is 17.6 Å². The molecule has 3 rings (SSSR count). The Morgan fingerprint density at radius 3 is 2.43 bits per heavy atom. The third kappa shape index (κ3) is 3.08. The second-order valence-electron chi connectivity index (χ2n) is 5.54. The summed E-state index contributed by atoms with van der Waals surface area (Å²) in [6, 6.07) is 7.58. The molecule has 0 N–H and O–H groups in total. The highest BCUT2D eigenvalue weighted by Gasteiger charge is 2.15. The normalized spacial score (nSPS) is 11.1. The zero-order valence-corrected chi connectivity index (χ0v) is 13.6. The van der Waals surface area contributed by atoms with Crippen LogP contribution < -0.4 is 0 Å². The summed E-state index contributed by atoms with van der Waals surface area (Å²) in [7, 11) is 1.79. The van der Waals surface area contributed by atoms with E-state index in [1.54, 1.807) is 11.9 Å². The summed E-state index contributed by atoms with van der Waals surface area (Å²) in [6.07, 6.45) is 1.82. The fraction of sp³-hybridized carbons (Fsp3) is 0.375. The van der Waals surface area contributed by atoms with Crippen LogP contribution in [0.25, 0.3) is 11.0 Å². The van der Waals surface area contributed by atoms with Crippen LogP contribution in [0.5, 0.6) is 0 Å². The summed E-state index contributed by atoms with van der Waals surface area (Å²) in [4.78, 5) is 15.5. The molecule has 0 aliphatic rings. The largest absolute Gasteiger partial charge is 0.340 e. The third-order valence-electron chi connectivity index (χ3n) is 3.94. The summed E-state index contributed by atoms with van der Waals surface area (Å²) in [6.45, 7) is 5.56. The smallest absolute Gasteiger partial charge is 0.246 e. The monoisotopic (exact) mass is 312 g/mol. The maximum absolute atomic E-state index is 12.4. The zero-order valence-electron chi connectivity index (χ0n) is 13.6. The molecule has 2 aromatic heterocycles. The van der Waals surface area contributed by atoms with Crippen molar-refractivity contribution >= 4 is 16.9 Å². The maximum atomic E-state index is 12.4. The number of rotatable bonds is 5. The van der Waals surface area contributed by atoms with E-state index >= 15 is 0 Å². The first-order chi connectivity index (χ1) is 11.1. The Morgan fingerprint density at radius 1 is 1.22 bits per heavy atom. The number of amides is 1. The number of likely N-dealkylation sites (N-methyl/N-ethyl adjacent to an activating group) is 1. The number of benzene rings is 1. The van der Waals surface area contributed by atoms with Gasteiger partial charge in [-0.3, -0.25) is 9.48 Å². The molecule has 7 heteroatoms. The van der Waals surface area contributed by atoms with E-state index in [0.717, 1.165) is 28.8 Å². The van der Waals surface area contributed by atoms with Crippen molar-refractivity contribution in [1.29, 1.82) is 0 Å². The highest BCUT2D eigenvalue weighted by molar-refractivity contribution is 5.77. The maximum Gasteiger partial charge on any atom is 0.246 e. The van der Waals surface area contributed by atoms with Crippen molar-refractivity contribution < 1.29 is 4.79 Å². The lowest BCUT2D eigenvalue weighted by molar-refractivity contribution is -0.131. The molecule has 0 atom stereocenters. The van der Waals surface area contributed by atoms with Crippen LogP contribution in [-0.2, 0) is 24.4 Å². The molecule has 0 aliphatic heterocycles. The van der Waals surface area contributed by atoms with E-state index in [1.165, 1.54) is 4.80 Å². The molecule has 0 unspecified atom stereocenters. The number of hydrogen-bond donors (Lipinski definition) is 0. The third-order valence-corrected chi connectivity index (χ3v) is 3.94. The van der Waals surface area contributed by atoms with Crippen molar-refractivity contribution in [3.63, 3.8) is 0 Å². The van der Waals surface area contributed by atoms with Crippen molar-refractivity contribution in [2.24, 2.45) is 0 Å². The predicted molar refractivity (Wildman–Crippen MR) is 86.6 cm³/mol. The number of carbonyl (C=O) groups excluding carboxylic acids is 1. The van der Waals surface area contributed by atoms with Gasteiger partial charge in [0.2, 0.25) is 5.91 Å². The summed E-state index contributed by atoms with van der Waals surface area (Å²) < 4.78 is 1.93. The van der Waals surface area contributed by atoms with Gasteiger partial charge in [0.25, 0.3) is 0 Å². The number of hydrogen-bond acceptors (Lipinski definition) is 4. The lowest BCUT2D eigenvalue weighted by Crippen LogP contribution is -2.30. The lowest BCUT2D eigenvalue weighted by Gasteiger charge is -2.16. The Kier molecular flexibility index (Phi) is 4.10. The molecule has 0 aliphatic carbocycles. The molecule has 120 valence electrons. The predicted octanol–water partition coefficient (Wildman–Crippen LogP) is 1.61. The SMILES string of the molecule is CCn1ncc(CN(C)C(=O)Cn2nc3ccccc3n2)c1C. The van der Waals surface area contributed by atoms with Crippen molar-refractivity contribution in [1.82, 2.24) is 29.7 Å². The van der Waals surface area contributed by atoms with Gasteiger partial charge in [-0.25, -0.2) is 0 Å². The average Bonchev–Trinajstić information content (AvgIpc) is 3.10. The van der Waals surface area contributed by atoms with Crippen LogP contribution in [0.4, 0.5) is 0 Å². The Labute approximate surface area is 134 Å². The number of aromatic nitrogens is 5. The Balaban J connectivity index is 1.68. The Hall–Kier alpha value is -2.70. The lowest BCUT2D eigenvalue weighted by atomic mass is 10.2. The minimum absolute atomic E-state index is 0.0334. The molecule has 7 nitrogen and oxygen atoms in total. The highest BCUT2D eigenvalue weighted by atomic mass is 16.2. The van der Waals surface area contributed by atoms with E-state index in [1.807, 2.05) is 49.0 Å². The first-order valence-corrected chi connectivity index (χ1v) is 7.63. The van der Waals surface area contributed by atoms with Gasteiger partial charge in [-0.05, 0) is 26.0 Å². The summed E-state index contributed by atoms with van der Waals surface area (Å²) >= 11 is 0. The van der Waals surface area contributed by atoms with Crippen LogP contribution >= 0.6 is 0 Å². The standard InChI is InChI=1S/C16H20N6O/c1-4-21-12(2)13(9-17-21)10-20(3)16(23)11-22-18-14-7-5-6-8-15(14)19-22/h5-9H,4,10-11H2,1-3H3. The molecule has 1 amide bonds. The summed E-state index contributed by atoms with van der Waals surface area (Å²) in [5.41, 5.74) is 3.74. The topological polar surface area (TPSA) is 68.8 Å². The van der Waals surface area contributed by atoms with Gasteiger partial charge in [-0.2, -0.15) is 20.1 Å². The first-order valence-electron chi connectivity index (χ1n) is 7.63.